The Morgan fingerprint density at radius 3 is 2.58 bits per heavy atom. The Morgan fingerprint density at radius 1 is 1.17 bits per heavy atom. The minimum absolute atomic E-state index is 0.145. The van der Waals surface area contributed by atoms with E-state index in [0.717, 1.165) is 37.8 Å². The van der Waals surface area contributed by atoms with E-state index in [2.05, 4.69) is 39.6 Å². The van der Waals surface area contributed by atoms with Crippen LogP contribution in [0.15, 0.2) is 48.7 Å². The second-order valence-electron chi connectivity index (χ2n) is 5.74. The van der Waals surface area contributed by atoms with Gasteiger partial charge in [-0.3, -0.25) is 0 Å². The van der Waals surface area contributed by atoms with E-state index in [9.17, 15) is 0 Å². The topological polar surface area (TPSA) is 49.4 Å². The zero-order valence-corrected chi connectivity index (χ0v) is 14.6. The Labute approximate surface area is 148 Å². The van der Waals surface area contributed by atoms with Crippen LogP contribution in [0.3, 0.4) is 0 Å². The van der Waals surface area contributed by atoms with Gasteiger partial charge in [0.2, 0.25) is 0 Å². The van der Waals surface area contributed by atoms with Crippen molar-refractivity contribution in [2.24, 2.45) is 0 Å². The van der Waals surface area contributed by atoms with E-state index in [0.29, 0.717) is 5.11 Å². The molecule has 1 aliphatic heterocycles. The molecule has 6 heteroatoms. The number of morpholine rings is 1. The molecule has 0 aliphatic carbocycles. The van der Waals surface area contributed by atoms with E-state index in [1.54, 1.807) is 0 Å². The summed E-state index contributed by atoms with van der Waals surface area (Å²) in [7, 11) is 0. The van der Waals surface area contributed by atoms with Gasteiger partial charge in [0.05, 0.1) is 31.1 Å². The molecular formula is C18H22N4OS. The second kappa shape index (κ2) is 8.08. The first kappa shape index (κ1) is 16.7. The third kappa shape index (κ3) is 4.43. The van der Waals surface area contributed by atoms with Crippen LogP contribution in [-0.4, -0.2) is 36.4 Å². The molecule has 0 spiro atoms. The molecule has 126 valence electrons. The highest BCUT2D eigenvalue weighted by Gasteiger charge is 2.12. The van der Waals surface area contributed by atoms with E-state index in [1.807, 2.05) is 36.5 Å². The molecule has 1 aliphatic rings. The summed E-state index contributed by atoms with van der Waals surface area (Å²) in [5.74, 6) is 0.973. The van der Waals surface area contributed by atoms with Gasteiger partial charge in [0.25, 0.3) is 0 Å². The van der Waals surface area contributed by atoms with Crippen molar-refractivity contribution >= 4 is 28.8 Å². The van der Waals surface area contributed by atoms with Gasteiger partial charge in [0.15, 0.2) is 5.11 Å². The van der Waals surface area contributed by atoms with Gasteiger partial charge in [-0.15, -0.1) is 0 Å². The molecule has 1 saturated heterocycles. The van der Waals surface area contributed by atoms with Gasteiger partial charge >= 0.3 is 0 Å². The molecule has 0 radical (unpaired) electrons. The lowest BCUT2D eigenvalue weighted by molar-refractivity contribution is 0.122. The lowest BCUT2D eigenvalue weighted by Crippen LogP contribution is -2.36. The smallest absolute Gasteiger partial charge is 0.171 e. The van der Waals surface area contributed by atoms with Crippen LogP contribution in [0, 0.1) is 0 Å². The van der Waals surface area contributed by atoms with Gasteiger partial charge < -0.3 is 20.3 Å². The largest absolute Gasteiger partial charge is 0.378 e. The summed E-state index contributed by atoms with van der Waals surface area (Å²) in [6.07, 6.45) is 1.81. The number of hydrogen-bond donors (Lipinski definition) is 2. The number of aromatic nitrogens is 1. The van der Waals surface area contributed by atoms with Gasteiger partial charge in [-0.2, -0.15) is 0 Å². The number of nitrogens with zero attached hydrogens (tertiary/aromatic N) is 2. The third-order valence-corrected chi connectivity index (χ3v) is 4.21. The fourth-order valence-corrected chi connectivity index (χ4v) is 2.92. The zero-order valence-electron chi connectivity index (χ0n) is 13.7. The molecule has 2 aromatic rings. The van der Waals surface area contributed by atoms with Crippen molar-refractivity contribution in [3.63, 3.8) is 0 Å². The molecular weight excluding hydrogens is 320 g/mol. The van der Waals surface area contributed by atoms with E-state index in [4.69, 9.17) is 17.0 Å². The maximum Gasteiger partial charge on any atom is 0.171 e. The summed E-state index contributed by atoms with van der Waals surface area (Å²) >= 11 is 5.39. The molecule has 1 fully saturated rings. The van der Waals surface area contributed by atoms with Gasteiger partial charge in [-0.1, -0.05) is 30.3 Å². The van der Waals surface area contributed by atoms with Crippen LogP contribution < -0.4 is 15.5 Å². The SMILES string of the molecule is C[C@H](NC(=S)Nc1ccc(N2CCOCC2)nc1)c1ccccc1. The number of benzene rings is 1. The predicted molar refractivity (Wildman–Crippen MR) is 101 cm³/mol. The summed E-state index contributed by atoms with van der Waals surface area (Å²) in [6.45, 7) is 5.37. The molecule has 2 N–H and O–H groups in total. The van der Waals surface area contributed by atoms with Crippen LogP contribution >= 0.6 is 12.2 Å². The van der Waals surface area contributed by atoms with Gasteiger partial charge in [-0.25, -0.2) is 4.98 Å². The van der Waals surface area contributed by atoms with Crippen LogP contribution in [0.1, 0.15) is 18.5 Å². The quantitative estimate of drug-likeness (QED) is 0.833. The molecule has 2 heterocycles. The van der Waals surface area contributed by atoms with Gasteiger partial charge in [0.1, 0.15) is 5.82 Å². The van der Waals surface area contributed by atoms with Crippen molar-refractivity contribution in [3.8, 4) is 0 Å². The molecule has 5 nitrogen and oxygen atoms in total. The minimum atomic E-state index is 0.145. The van der Waals surface area contributed by atoms with Crippen LogP contribution in [-0.2, 0) is 4.74 Å². The van der Waals surface area contributed by atoms with Crippen molar-refractivity contribution in [1.82, 2.24) is 10.3 Å². The standard InChI is InChI=1S/C18H22N4OS/c1-14(15-5-3-2-4-6-15)20-18(24)21-16-7-8-17(19-13-16)22-9-11-23-12-10-22/h2-8,13-14H,9-12H2,1H3,(H2,20,21,24)/t14-/m0/s1. The highest BCUT2D eigenvalue weighted by molar-refractivity contribution is 7.80. The van der Waals surface area contributed by atoms with Crippen LogP contribution in [0.2, 0.25) is 0 Å². The molecule has 24 heavy (non-hydrogen) atoms. The summed E-state index contributed by atoms with van der Waals surface area (Å²) in [5, 5.41) is 7.07. The Bertz CT molecular complexity index is 656. The maximum absolute atomic E-state index is 5.39. The molecule has 3 rings (SSSR count). The third-order valence-electron chi connectivity index (χ3n) is 3.99. The van der Waals surface area contributed by atoms with E-state index in [1.165, 1.54) is 5.56 Å². The number of nitrogens with one attached hydrogen (secondary N) is 2. The molecule has 0 bridgehead atoms. The highest BCUT2D eigenvalue weighted by atomic mass is 32.1. The fourth-order valence-electron chi connectivity index (χ4n) is 2.63. The Balaban J connectivity index is 1.54. The summed E-state index contributed by atoms with van der Waals surface area (Å²) < 4.78 is 5.36. The maximum atomic E-state index is 5.39. The Morgan fingerprint density at radius 2 is 1.92 bits per heavy atom. The van der Waals surface area contributed by atoms with E-state index in [-0.39, 0.29) is 6.04 Å². The first-order chi connectivity index (χ1) is 11.7. The molecule has 0 unspecified atom stereocenters. The lowest BCUT2D eigenvalue weighted by Gasteiger charge is -2.27. The van der Waals surface area contributed by atoms with Crippen LogP contribution in [0.25, 0.3) is 0 Å². The van der Waals surface area contributed by atoms with Crippen LogP contribution in [0.4, 0.5) is 11.5 Å². The molecule has 1 aromatic carbocycles. The van der Waals surface area contributed by atoms with Crippen molar-refractivity contribution in [3.05, 3.63) is 54.2 Å². The second-order valence-corrected chi connectivity index (χ2v) is 6.14. The zero-order chi connectivity index (χ0) is 16.8. The first-order valence-electron chi connectivity index (χ1n) is 8.13. The molecule has 0 saturated carbocycles. The summed E-state index contributed by atoms with van der Waals surface area (Å²) in [4.78, 5) is 6.74. The van der Waals surface area contributed by atoms with Crippen molar-refractivity contribution in [2.45, 2.75) is 13.0 Å². The Kier molecular flexibility index (Phi) is 5.61. The van der Waals surface area contributed by atoms with E-state index < -0.39 is 0 Å². The lowest BCUT2D eigenvalue weighted by atomic mass is 10.1. The minimum Gasteiger partial charge on any atom is -0.378 e. The molecule has 1 aromatic heterocycles. The summed E-state index contributed by atoms with van der Waals surface area (Å²) in [5.41, 5.74) is 2.08. The van der Waals surface area contributed by atoms with Crippen molar-refractivity contribution < 1.29 is 4.74 Å². The normalized spacial score (nSPS) is 15.6. The predicted octanol–water partition coefficient (Wildman–Crippen LogP) is 2.97. The Hall–Kier alpha value is -2.18. The first-order valence-corrected chi connectivity index (χ1v) is 8.54. The number of anilines is 2. The average Bonchev–Trinajstić information content (AvgIpc) is 2.64. The number of thiocarbonyl (C=S) groups is 1. The van der Waals surface area contributed by atoms with Crippen molar-refractivity contribution in [2.75, 3.05) is 36.5 Å². The number of rotatable bonds is 4. The van der Waals surface area contributed by atoms with E-state index >= 15 is 0 Å². The monoisotopic (exact) mass is 342 g/mol. The fraction of sp³-hybridized carbons (Fsp3) is 0.333. The van der Waals surface area contributed by atoms with Gasteiger partial charge in [-0.05, 0) is 36.8 Å². The average molecular weight is 342 g/mol. The molecule has 0 amide bonds. The number of ether oxygens (including phenoxy) is 1. The highest BCUT2D eigenvalue weighted by Crippen LogP contribution is 2.16. The number of pyridine rings is 1. The van der Waals surface area contributed by atoms with Crippen molar-refractivity contribution in [1.29, 1.82) is 0 Å². The van der Waals surface area contributed by atoms with Gasteiger partial charge in [0, 0.05) is 13.1 Å². The van der Waals surface area contributed by atoms with Crippen LogP contribution in [0.5, 0.6) is 0 Å². The molecule has 1 atom stereocenters. The summed E-state index contributed by atoms with van der Waals surface area (Å²) in [6, 6.07) is 14.4. The number of hydrogen-bond acceptors (Lipinski definition) is 4.